The number of carbonyl (C=O) groups excluding carboxylic acids is 2. The van der Waals surface area contributed by atoms with Crippen LogP contribution in [0.3, 0.4) is 0 Å². The lowest BCUT2D eigenvalue weighted by atomic mass is 9.42. The van der Waals surface area contributed by atoms with Gasteiger partial charge in [0.15, 0.2) is 0 Å². The molecule has 168 valence electrons. The van der Waals surface area contributed by atoms with Gasteiger partial charge in [0.25, 0.3) is 0 Å². The first kappa shape index (κ1) is 20.2. The van der Waals surface area contributed by atoms with E-state index in [1.165, 1.54) is 0 Å². The van der Waals surface area contributed by atoms with Crippen LogP contribution in [0.4, 0.5) is 0 Å². The van der Waals surface area contributed by atoms with E-state index in [2.05, 4.69) is 25.7 Å². The predicted octanol–water partition coefficient (Wildman–Crippen LogP) is 2.72. The zero-order chi connectivity index (χ0) is 22.0. The number of hydrogen-bond acceptors (Lipinski definition) is 5. The molecule has 0 aromatic carbocycles. The van der Waals surface area contributed by atoms with Gasteiger partial charge in [-0.2, -0.15) is 0 Å². The van der Waals surface area contributed by atoms with Gasteiger partial charge in [0.1, 0.15) is 11.4 Å². The van der Waals surface area contributed by atoms with Gasteiger partial charge >= 0.3 is 5.97 Å². The summed E-state index contributed by atoms with van der Waals surface area (Å²) in [5, 5.41) is 23.7. The van der Waals surface area contributed by atoms with Crippen LogP contribution in [0.5, 0.6) is 0 Å². The Bertz CT molecular complexity index is 932. The molecule has 6 fully saturated rings. The molecule has 11 atom stereocenters. The van der Waals surface area contributed by atoms with Gasteiger partial charge in [0.05, 0.1) is 12.2 Å². The molecule has 0 amide bonds. The molecule has 6 aliphatic carbocycles. The fourth-order valence-electron chi connectivity index (χ4n) is 9.52. The molecule has 4 unspecified atom stereocenters. The summed E-state index contributed by atoms with van der Waals surface area (Å²) in [5.74, 6) is 7.82. The quantitative estimate of drug-likeness (QED) is 0.383. The lowest BCUT2D eigenvalue weighted by Gasteiger charge is -2.63. The monoisotopic (exact) mass is 426 g/mol. The molecule has 0 aromatic heterocycles. The number of ketones is 1. The third-order valence-corrected chi connectivity index (χ3v) is 11.1. The highest BCUT2D eigenvalue weighted by atomic mass is 16.5. The van der Waals surface area contributed by atoms with Gasteiger partial charge < -0.3 is 14.9 Å². The maximum Gasteiger partial charge on any atom is 0.384 e. The van der Waals surface area contributed by atoms with Crippen LogP contribution in [0.15, 0.2) is 0 Å². The SMILES string of the molecule is CCOC(=O)C#C[C@]1(O)[C@H]2C[C@H]2C2C3C(CCC21C)[C@@]1(C)CCC(=O)C[C@@]1(O)[C@@H]1C[C@H]31. The molecule has 5 nitrogen and oxygen atoms in total. The van der Waals surface area contributed by atoms with Crippen LogP contribution < -0.4 is 0 Å². The van der Waals surface area contributed by atoms with Crippen molar-refractivity contribution in [1.82, 2.24) is 0 Å². The number of fused-ring (bicyclic) bond motifs is 10. The molecule has 0 bridgehead atoms. The number of rotatable bonds is 1. The molecule has 0 radical (unpaired) electrons. The van der Waals surface area contributed by atoms with Gasteiger partial charge in [0.2, 0.25) is 0 Å². The summed E-state index contributed by atoms with van der Waals surface area (Å²) in [6, 6.07) is 0. The highest BCUT2D eigenvalue weighted by Gasteiger charge is 2.81. The van der Waals surface area contributed by atoms with Crippen LogP contribution >= 0.6 is 0 Å². The normalized spacial score (nSPS) is 57.8. The molecule has 0 heterocycles. The van der Waals surface area contributed by atoms with Gasteiger partial charge in [-0.25, -0.2) is 4.79 Å². The van der Waals surface area contributed by atoms with Gasteiger partial charge in [-0.3, -0.25) is 4.79 Å². The summed E-state index contributed by atoms with van der Waals surface area (Å²) >= 11 is 0. The summed E-state index contributed by atoms with van der Waals surface area (Å²) in [6.07, 6.45) is 5.51. The average Bonchev–Trinajstić information content (AvgIpc) is 3.61. The van der Waals surface area contributed by atoms with Crippen molar-refractivity contribution in [2.24, 2.45) is 52.3 Å². The Morgan fingerprint density at radius 1 is 1.10 bits per heavy atom. The molecule has 5 heteroatoms. The first-order chi connectivity index (χ1) is 14.6. The summed E-state index contributed by atoms with van der Waals surface area (Å²) in [6.45, 7) is 6.50. The molecule has 0 spiro atoms. The first-order valence-corrected chi connectivity index (χ1v) is 12.3. The van der Waals surface area contributed by atoms with E-state index in [9.17, 15) is 19.8 Å². The van der Waals surface area contributed by atoms with Crippen molar-refractivity contribution in [2.75, 3.05) is 6.61 Å². The van der Waals surface area contributed by atoms with E-state index in [-0.39, 0.29) is 35.1 Å². The Hall–Kier alpha value is -1.38. The predicted molar refractivity (Wildman–Crippen MR) is 112 cm³/mol. The average molecular weight is 427 g/mol. The molecule has 0 saturated heterocycles. The molecule has 6 saturated carbocycles. The Morgan fingerprint density at radius 3 is 2.58 bits per heavy atom. The molecule has 0 aromatic rings. The van der Waals surface area contributed by atoms with Crippen LogP contribution in [-0.4, -0.2) is 39.8 Å². The third-order valence-electron chi connectivity index (χ3n) is 11.1. The summed E-state index contributed by atoms with van der Waals surface area (Å²) in [5.41, 5.74) is -2.53. The molecular weight excluding hydrogens is 392 g/mol. The number of hydrogen-bond donors (Lipinski definition) is 2. The number of ether oxygens (including phenoxy) is 1. The molecule has 0 aliphatic heterocycles. The van der Waals surface area contributed by atoms with Crippen molar-refractivity contribution >= 4 is 11.8 Å². The van der Waals surface area contributed by atoms with Gasteiger partial charge in [0, 0.05) is 35.5 Å². The standard InChI is InChI=1S/C26H34O5/c1-4-31-20(28)7-10-25(29)19-12-16(19)22-21-15-11-18(15)26(30)13-14(27)5-8-23(26,2)17(21)6-9-24(22,25)3/h15-19,21-22,29-30H,4-6,8-9,11-13H2,1-3H3/t15-,16+,17?,18+,19-,21?,22?,23+,24?,25-,26+/m0/s1. The van der Waals surface area contributed by atoms with Gasteiger partial charge in [-0.15, -0.1) is 0 Å². The second kappa shape index (κ2) is 5.94. The number of carbonyl (C=O) groups is 2. The molecule has 2 N–H and O–H groups in total. The molecule has 6 aliphatic rings. The zero-order valence-corrected chi connectivity index (χ0v) is 18.8. The van der Waals surface area contributed by atoms with Crippen molar-refractivity contribution in [2.45, 2.75) is 76.9 Å². The molecular formula is C26H34O5. The van der Waals surface area contributed by atoms with Crippen LogP contribution in [-0.2, 0) is 14.3 Å². The highest BCUT2D eigenvalue weighted by Crippen LogP contribution is 2.81. The van der Waals surface area contributed by atoms with Crippen molar-refractivity contribution in [3.05, 3.63) is 0 Å². The van der Waals surface area contributed by atoms with E-state index in [4.69, 9.17) is 4.74 Å². The Kier molecular flexibility index (Phi) is 3.88. The highest BCUT2D eigenvalue weighted by molar-refractivity contribution is 5.88. The minimum Gasteiger partial charge on any atom is -0.456 e. The van der Waals surface area contributed by atoms with Crippen LogP contribution in [0.25, 0.3) is 0 Å². The van der Waals surface area contributed by atoms with E-state index < -0.39 is 17.2 Å². The lowest BCUT2D eigenvalue weighted by molar-refractivity contribution is -0.218. The Morgan fingerprint density at radius 2 is 1.84 bits per heavy atom. The van der Waals surface area contributed by atoms with E-state index in [1.807, 2.05) is 0 Å². The molecule has 31 heavy (non-hydrogen) atoms. The minimum atomic E-state index is -1.14. The Labute approximate surface area is 184 Å². The van der Waals surface area contributed by atoms with Gasteiger partial charge in [-0.1, -0.05) is 19.8 Å². The van der Waals surface area contributed by atoms with Crippen molar-refractivity contribution < 1.29 is 24.5 Å². The summed E-state index contributed by atoms with van der Waals surface area (Å²) in [7, 11) is 0. The second-order valence-electron chi connectivity index (χ2n) is 12.0. The first-order valence-electron chi connectivity index (χ1n) is 12.3. The molecule has 6 rings (SSSR count). The van der Waals surface area contributed by atoms with Gasteiger partial charge in [-0.05, 0) is 74.5 Å². The van der Waals surface area contributed by atoms with E-state index in [0.29, 0.717) is 42.4 Å². The van der Waals surface area contributed by atoms with Crippen molar-refractivity contribution in [1.29, 1.82) is 0 Å². The fraction of sp³-hybridized carbons (Fsp3) is 0.846. The van der Waals surface area contributed by atoms with Crippen LogP contribution in [0.2, 0.25) is 0 Å². The second-order valence-corrected chi connectivity index (χ2v) is 12.0. The smallest absolute Gasteiger partial charge is 0.384 e. The maximum absolute atomic E-state index is 12.3. The number of Topliss-reactive ketones (excluding diaryl/α,β-unsaturated/α-hetero) is 1. The lowest BCUT2D eigenvalue weighted by Crippen LogP contribution is -2.65. The number of aliphatic hydroxyl groups is 2. The number of esters is 1. The third kappa shape index (κ3) is 2.27. The van der Waals surface area contributed by atoms with Crippen LogP contribution in [0.1, 0.15) is 65.7 Å². The van der Waals surface area contributed by atoms with E-state index in [0.717, 1.165) is 32.1 Å². The maximum atomic E-state index is 12.3. The van der Waals surface area contributed by atoms with Crippen LogP contribution in [0, 0.1) is 64.1 Å². The minimum absolute atomic E-state index is 0.141. The Balaban J connectivity index is 1.37. The van der Waals surface area contributed by atoms with E-state index in [1.54, 1.807) is 6.92 Å². The summed E-state index contributed by atoms with van der Waals surface area (Å²) in [4.78, 5) is 24.2. The van der Waals surface area contributed by atoms with E-state index >= 15 is 0 Å². The van der Waals surface area contributed by atoms with Crippen molar-refractivity contribution in [3.63, 3.8) is 0 Å². The topological polar surface area (TPSA) is 83.8 Å². The summed E-state index contributed by atoms with van der Waals surface area (Å²) < 4.78 is 4.99. The van der Waals surface area contributed by atoms with Crippen molar-refractivity contribution in [3.8, 4) is 11.8 Å². The zero-order valence-electron chi connectivity index (χ0n) is 18.8. The largest absolute Gasteiger partial charge is 0.456 e. The fourth-order valence-corrected chi connectivity index (χ4v) is 9.52.